The standard InChI is InChI=1S/C25H28N2O5/c1-7-30-22-14-18(9-11-21(22)31-17(4)24(28)27(5)6)13-20-25(29)32-23(26-20)19-10-8-15(2)16(3)12-19/h8-14,17H,7H2,1-6H3/b20-13-. The first-order chi connectivity index (χ1) is 15.2. The molecule has 168 valence electrons. The summed E-state index contributed by atoms with van der Waals surface area (Å²) in [5.41, 5.74) is 3.90. The van der Waals surface area contributed by atoms with Gasteiger partial charge in [0.25, 0.3) is 5.91 Å². The van der Waals surface area contributed by atoms with Crippen molar-refractivity contribution in [2.24, 2.45) is 4.99 Å². The number of hydrogen-bond acceptors (Lipinski definition) is 6. The molecule has 0 saturated carbocycles. The van der Waals surface area contributed by atoms with Gasteiger partial charge in [-0.25, -0.2) is 9.79 Å². The van der Waals surface area contributed by atoms with E-state index in [0.29, 0.717) is 23.7 Å². The monoisotopic (exact) mass is 436 g/mol. The number of carbonyl (C=O) groups excluding carboxylic acids is 2. The molecule has 7 nitrogen and oxygen atoms in total. The number of hydrogen-bond donors (Lipinski definition) is 0. The molecule has 1 amide bonds. The van der Waals surface area contributed by atoms with E-state index in [1.165, 1.54) is 4.90 Å². The molecule has 1 unspecified atom stereocenters. The molecule has 0 bridgehead atoms. The number of likely N-dealkylation sites (N-methyl/N-ethyl adjacent to an activating group) is 1. The average molecular weight is 437 g/mol. The number of esters is 1. The van der Waals surface area contributed by atoms with Crippen molar-refractivity contribution in [3.63, 3.8) is 0 Å². The lowest BCUT2D eigenvalue weighted by molar-refractivity contribution is -0.135. The molecule has 1 heterocycles. The van der Waals surface area contributed by atoms with Crippen LogP contribution in [0, 0.1) is 13.8 Å². The lowest BCUT2D eigenvalue weighted by Crippen LogP contribution is -2.35. The molecule has 1 aliphatic heterocycles. The number of amides is 1. The SMILES string of the molecule is CCOc1cc(/C=C2\N=C(c3ccc(C)c(C)c3)OC2=O)ccc1OC(C)C(=O)N(C)C. The van der Waals surface area contributed by atoms with Crippen molar-refractivity contribution < 1.29 is 23.8 Å². The minimum atomic E-state index is -0.664. The van der Waals surface area contributed by atoms with Crippen LogP contribution in [0.5, 0.6) is 11.5 Å². The molecule has 0 radical (unpaired) electrons. The Balaban J connectivity index is 1.88. The van der Waals surface area contributed by atoms with Crippen LogP contribution in [-0.4, -0.2) is 49.5 Å². The number of ether oxygens (including phenoxy) is 3. The molecule has 3 rings (SSSR count). The van der Waals surface area contributed by atoms with Crippen LogP contribution < -0.4 is 9.47 Å². The van der Waals surface area contributed by atoms with E-state index < -0.39 is 12.1 Å². The maximum atomic E-state index is 12.4. The van der Waals surface area contributed by atoms with Gasteiger partial charge in [0.15, 0.2) is 23.3 Å². The topological polar surface area (TPSA) is 77.4 Å². The molecule has 7 heteroatoms. The predicted molar refractivity (Wildman–Crippen MR) is 123 cm³/mol. The van der Waals surface area contributed by atoms with Gasteiger partial charge in [0.2, 0.25) is 5.90 Å². The third-order valence-electron chi connectivity index (χ3n) is 5.04. The molecule has 1 aliphatic rings. The van der Waals surface area contributed by atoms with Crippen molar-refractivity contribution in [1.82, 2.24) is 4.90 Å². The van der Waals surface area contributed by atoms with Gasteiger partial charge in [-0.1, -0.05) is 12.1 Å². The van der Waals surface area contributed by atoms with E-state index in [9.17, 15) is 9.59 Å². The molecule has 2 aromatic rings. The van der Waals surface area contributed by atoms with Crippen molar-refractivity contribution in [1.29, 1.82) is 0 Å². The Labute approximate surface area is 188 Å². The Morgan fingerprint density at radius 1 is 1.12 bits per heavy atom. The maximum Gasteiger partial charge on any atom is 0.363 e. The minimum absolute atomic E-state index is 0.152. The first-order valence-corrected chi connectivity index (χ1v) is 10.4. The quantitative estimate of drug-likeness (QED) is 0.486. The highest BCUT2D eigenvalue weighted by atomic mass is 16.6. The Hall–Kier alpha value is -3.61. The van der Waals surface area contributed by atoms with Gasteiger partial charge in [-0.15, -0.1) is 0 Å². The van der Waals surface area contributed by atoms with Gasteiger partial charge in [-0.05, 0) is 74.7 Å². The fourth-order valence-electron chi connectivity index (χ4n) is 3.15. The Morgan fingerprint density at radius 3 is 2.53 bits per heavy atom. The molecule has 32 heavy (non-hydrogen) atoms. The summed E-state index contributed by atoms with van der Waals surface area (Å²) in [6.07, 6.45) is 0.972. The van der Waals surface area contributed by atoms with Crippen molar-refractivity contribution in [3.05, 3.63) is 64.3 Å². The first-order valence-electron chi connectivity index (χ1n) is 10.4. The molecule has 0 aromatic heterocycles. The third kappa shape index (κ3) is 5.17. The van der Waals surface area contributed by atoms with Crippen LogP contribution in [0.4, 0.5) is 0 Å². The minimum Gasteiger partial charge on any atom is -0.490 e. The average Bonchev–Trinajstić information content (AvgIpc) is 3.11. The maximum absolute atomic E-state index is 12.4. The van der Waals surface area contributed by atoms with Gasteiger partial charge in [0.05, 0.1) is 6.61 Å². The highest BCUT2D eigenvalue weighted by molar-refractivity contribution is 6.12. The molecule has 0 spiro atoms. The van der Waals surface area contributed by atoms with E-state index in [0.717, 1.165) is 16.7 Å². The molecule has 1 atom stereocenters. The second kappa shape index (κ2) is 9.68. The van der Waals surface area contributed by atoms with E-state index in [1.807, 2.05) is 39.0 Å². The second-order valence-electron chi connectivity index (χ2n) is 7.77. The molecule has 0 saturated heterocycles. The summed E-state index contributed by atoms with van der Waals surface area (Å²) in [6, 6.07) is 11.0. The molecule has 2 aromatic carbocycles. The number of carbonyl (C=O) groups is 2. The second-order valence-corrected chi connectivity index (χ2v) is 7.77. The van der Waals surface area contributed by atoms with E-state index in [-0.39, 0.29) is 17.5 Å². The number of cyclic esters (lactones) is 1. The van der Waals surface area contributed by atoms with Gasteiger partial charge in [0, 0.05) is 19.7 Å². The van der Waals surface area contributed by atoms with Crippen molar-refractivity contribution >= 4 is 23.9 Å². The number of benzene rings is 2. The summed E-state index contributed by atoms with van der Waals surface area (Å²) in [5, 5.41) is 0. The summed E-state index contributed by atoms with van der Waals surface area (Å²) in [4.78, 5) is 30.3. The zero-order chi connectivity index (χ0) is 23.4. The Kier molecular flexibility index (Phi) is 6.98. The fourth-order valence-corrected chi connectivity index (χ4v) is 3.15. The molecular formula is C25H28N2O5. The zero-order valence-electron chi connectivity index (χ0n) is 19.3. The number of nitrogens with zero attached hydrogens (tertiary/aromatic N) is 2. The zero-order valence-corrected chi connectivity index (χ0v) is 19.3. The third-order valence-corrected chi connectivity index (χ3v) is 5.04. The highest BCUT2D eigenvalue weighted by Gasteiger charge is 2.25. The number of aliphatic imine (C=N–C) groups is 1. The number of aryl methyl sites for hydroxylation is 2. The number of rotatable bonds is 7. The fraction of sp³-hybridized carbons (Fsp3) is 0.320. The smallest absolute Gasteiger partial charge is 0.363 e. The van der Waals surface area contributed by atoms with E-state index in [2.05, 4.69) is 4.99 Å². The molecular weight excluding hydrogens is 408 g/mol. The van der Waals surface area contributed by atoms with Gasteiger partial charge in [-0.2, -0.15) is 0 Å². The first kappa shape index (κ1) is 23.1. The molecule has 0 aliphatic carbocycles. The van der Waals surface area contributed by atoms with Crippen molar-refractivity contribution in [2.75, 3.05) is 20.7 Å². The largest absolute Gasteiger partial charge is 0.490 e. The molecule has 0 N–H and O–H groups in total. The summed E-state index contributed by atoms with van der Waals surface area (Å²) in [5.74, 6) is 0.544. The van der Waals surface area contributed by atoms with Gasteiger partial charge >= 0.3 is 5.97 Å². The van der Waals surface area contributed by atoms with Gasteiger partial charge in [-0.3, -0.25) is 4.79 Å². The lowest BCUT2D eigenvalue weighted by atomic mass is 10.1. The van der Waals surface area contributed by atoms with Crippen molar-refractivity contribution in [3.8, 4) is 11.5 Å². The summed E-state index contributed by atoms with van der Waals surface area (Å²) < 4.78 is 16.9. The van der Waals surface area contributed by atoms with Crippen molar-refractivity contribution in [2.45, 2.75) is 33.8 Å². The van der Waals surface area contributed by atoms with Crippen LogP contribution in [0.1, 0.15) is 36.1 Å². The van der Waals surface area contributed by atoms with Crippen LogP contribution in [0.25, 0.3) is 6.08 Å². The van der Waals surface area contributed by atoms with Crippen LogP contribution in [0.3, 0.4) is 0 Å². The Bertz CT molecular complexity index is 1100. The van der Waals surface area contributed by atoms with Gasteiger partial charge < -0.3 is 19.1 Å². The lowest BCUT2D eigenvalue weighted by Gasteiger charge is -2.20. The molecule has 0 fully saturated rings. The van der Waals surface area contributed by atoms with E-state index in [1.54, 1.807) is 45.3 Å². The predicted octanol–water partition coefficient (Wildman–Crippen LogP) is 3.90. The highest BCUT2D eigenvalue weighted by Crippen LogP contribution is 2.31. The van der Waals surface area contributed by atoms with Crippen LogP contribution >= 0.6 is 0 Å². The van der Waals surface area contributed by atoms with Crippen LogP contribution in [0.15, 0.2) is 47.1 Å². The van der Waals surface area contributed by atoms with Crippen LogP contribution in [0.2, 0.25) is 0 Å². The summed E-state index contributed by atoms with van der Waals surface area (Å²) in [7, 11) is 3.35. The Morgan fingerprint density at radius 2 is 1.88 bits per heavy atom. The van der Waals surface area contributed by atoms with E-state index >= 15 is 0 Å². The van der Waals surface area contributed by atoms with E-state index in [4.69, 9.17) is 14.2 Å². The van der Waals surface area contributed by atoms with Gasteiger partial charge in [0.1, 0.15) is 0 Å². The summed E-state index contributed by atoms with van der Waals surface area (Å²) in [6.45, 7) is 7.99. The summed E-state index contributed by atoms with van der Waals surface area (Å²) >= 11 is 0. The van der Waals surface area contributed by atoms with Crippen LogP contribution in [-0.2, 0) is 14.3 Å². The normalized spacial score (nSPS) is 15.2.